The van der Waals surface area contributed by atoms with Crippen molar-refractivity contribution in [3.05, 3.63) is 17.5 Å². The summed E-state index contributed by atoms with van der Waals surface area (Å²) in [6.45, 7) is 9.24. The first kappa shape index (κ1) is 12.3. The molecule has 0 saturated heterocycles. The summed E-state index contributed by atoms with van der Waals surface area (Å²) in [5.74, 6) is 0.713. The molecular formula is C13H22N4. The predicted octanol–water partition coefficient (Wildman–Crippen LogP) is 2.25. The number of aromatic nitrogens is 2. The highest BCUT2D eigenvalue weighted by molar-refractivity contribution is 5.31. The lowest BCUT2D eigenvalue weighted by atomic mass is 10.1. The number of hydrogen-bond donors (Lipinski definition) is 2. The maximum Gasteiger partial charge on any atom is 0.223 e. The van der Waals surface area contributed by atoms with Gasteiger partial charge < -0.3 is 10.6 Å². The van der Waals surface area contributed by atoms with E-state index in [2.05, 4.69) is 41.4 Å². The molecule has 17 heavy (non-hydrogen) atoms. The second kappa shape index (κ2) is 4.61. The fraction of sp³-hybridized carbons (Fsp3) is 0.692. The number of anilines is 1. The van der Waals surface area contributed by atoms with Crippen molar-refractivity contribution >= 4 is 5.95 Å². The lowest BCUT2D eigenvalue weighted by Gasteiger charge is -2.20. The zero-order chi connectivity index (χ0) is 12.5. The average molecular weight is 234 g/mol. The molecule has 4 nitrogen and oxygen atoms in total. The van der Waals surface area contributed by atoms with E-state index in [1.54, 1.807) is 0 Å². The topological polar surface area (TPSA) is 49.8 Å². The number of nitrogens with one attached hydrogen (secondary N) is 2. The molecule has 1 fully saturated rings. The molecule has 0 atom stereocenters. The Labute approximate surface area is 103 Å². The van der Waals surface area contributed by atoms with Crippen LogP contribution in [0.2, 0.25) is 0 Å². The van der Waals surface area contributed by atoms with Gasteiger partial charge in [0.1, 0.15) is 0 Å². The highest BCUT2D eigenvalue weighted by atomic mass is 15.1. The van der Waals surface area contributed by atoms with Gasteiger partial charge in [0.25, 0.3) is 0 Å². The van der Waals surface area contributed by atoms with Gasteiger partial charge in [-0.1, -0.05) is 0 Å². The van der Waals surface area contributed by atoms with Crippen LogP contribution < -0.4 is 10.6 Å². The van der Waals surface area contributed by atoms with E-state index in [0.717, 1.165) is 18.3 Å². The molecule has 94 valence electrons. The van der Waals surface area contributed by atoms with Crippen molar-refractivity contribution in [2.24, 2.45) is 0 Å². The van der Waals surface area contributed by atoms with Crippen molar-refractivity contribution in [3.63, 3.8) is 0 Å². The van der Waals surface area contributed by atoms with Crippen LogP contribution in [0, 0.1) is 6.92 Å². The first-order valence-corrected chi connectivity index (χ1v) is 6.28. The van der Waals surface area contributed by atoms with Crippen molar-refractivity contribution < 1.29 is 0 Å². The summed E-state index contributed by atoms with van der Waals surface area (Å²) in [5.41, 5.74) is 2.25. The number of aryl methyl sites for hydroxylation is 1. The van der Waals surface area contributed by atoms with Gasteiger partial charge >= 0.3 is 0 Å². The molecule has 1 saturated carbocycles. The van der Waals surface area contributed by atoms with Crippen molar-refractivity contribution in [1.82, 2.24) is 15.3 Å². The average Bonchev–Trinajstić information content (AvgIpc) is 2.97. The summed E-state index contributed by atoms with van der Waals surface area (Å²) in [5, 5.41) is 6.76. The molecule has 4 heteroatoms. The monoisotopic (exact) mass is 234 g/mol. The van der Waals surface area contributed by atoms with E-state index in [1.165, 1.54) is 18.4 Å². The van der Waals surface area contributed by atoms with Crippen LogP contribution in [0.25, 0.3) is 0 Å². The highest BCUT2D eigenvalue weighted by Crippen LogP contribution is 2.20. The zero-order valence-corrected chi connectivity index (χ0v) is 11.2. The molecular weight excluding hydrogens is 212 g/mol. The smallest absolute Gasteiger partial charge is 0.223 e. The molecule has 1 aromatic rings. The van der Waals surface area contributed by atoms with Crippen LogP contribution in [0.1, 0.15) is 44.9 Å². The van der Waals surface area contributed by atoms with E-state index in [1.807, 2.05) is 13.1 Å². The minimum atomic E-state index is 0.000218. The van der Waals surface area contributed by atoms with Crippen LogP contribution in [0.15, 0.2) is 6.20 Å². The Morgan fingerprint density at radius 1 is 1.35 bits per heavy atom. The van der Waals surface area contributed by atoms with Gasteiger partial charge in [0.2, 0.25) is 5.95 Å². The van der Waals surface area contributed by atoms with Crippen molar-refractivity contribution in [1.29, 1.82) is 0 Å². The fourth-order valence-electron chi connectivity index (χ4n) is 1.60. The van der Waals surface area contributed by atoms with Gasteiger partial charge in [-0.25, -0.2) is 9.97 Å². The molecule has 0 radical (unpaired) electrons. The predicted molar refractivity (Wildman–Crippen MR) is 70.0 cm³/mol. The number of rotatable bonds is 4. The summed E-state index contributed by atoms with van der Waals surface area (Å²) in [4.78, 5) is 8.86. The summed E-state index contributed by atoms with van der Waals surface area (Å²) < 4.78 is 0. The first-order valence-electron chi connectivity index (χ1n) is 6.28. The third-order valence-corrected chi connectivity index (χ3v) is 2.73. The Kier molecular flexibility index (Phi) is 3.33. The van der Waals surface area contributed by atoms with Gasteiger partial charge in [0.05, 0.1) is 0 Å². The minimum absolute atomic E-state index is 0.000218. The van der Waals surface area contributed by atoms with Crippen LogP contribution in [0.5, 0.6) is 0 Å². The molecule has 0 aliphatic heterocycles. The highest BCUT2D eigenvalue weighted by Gasteiger charge is 2.20. The third kappa shape index (κ3) is 3.97. The summed E-state index contributed by atoms with van der Waals surface area (Å²) >= 11 is 0. The van der Waals surface area contributed by atoms with Crippen LogP contribution in [-0.4, -0.2) is 21.5 Å². The summed E-state index contributed by atoms with van der Waals surface area (Å²) in [6, 6.07) is 0.724. The zero-order valence-electron chi connectivity index (χ0n) is 11.2. The molecule has 2 rings (SSSR count). The fourth-order valence-corrected chi connectivity index (χ4v) is 1.60. The number of nitrogens with zero attached hydrogens (tertiary/aromatic N) is 2. The Morgan fingerprint density at radius 3 is 2.59 bits per heavy atom. The number of hydrogen-bond acceptors (Lipinski definition) is 4. The van der Waals surface area contributed by atoms with Crippen LogP contribution in [0.4, 0.5) is 5.95 Å². The largest absolute Gasteiger partial charge is 0.350 e. The van der Waals surface area contributed by atoms with Gasteiger partial charge in [0.15, 0.2) is 0 Å². The molecule has 1 aromatic heterocycles. The molecule has 2 N–H and O–H groups in total. The Morgan fingerprint density at radius 2 is 2.06 bits per heavy atom. The van der Waals surface area contributed by atoms with Gasteiger partial charge in [-0.05, 0) is 40.5 Å². The van der Waals surface area contributed by atoms with E-state index in [0.29, 0.717) is 5.95 Å². The molecule has 1 heterocycles. The molecule has 0 bridgehead atoms. The maximum absolute atomic E-state index is 4.49. The Bertz CT molecular complexity index is 391. The lowest BCUT2D eigenvalue weighted by Crippen LogP contribution is -2.27. The molecule has 0 amide bonds. The Balaban J connectivity index is 1.99. The third-order valence-electron chi connectivity index (χ3n) is 2.73. The summed E-state index contributed by atoms with van der Waals surface area (Å²) in [6.07, 6.45) is 4.54. The van der Waals surface area contributed by atoms with Crippen LogP contribution in [0.3, 0.4) is 0 Å². The van der Waals surface area contributed by atoms with Crippen LogP contribution in [-0.2, 0) is 6.54 Å². The summed E-state index contributed by atoms with van der Waals surface area (Å²) in [7, 11) is 0. The van der Waals surface area contributed by atoms with Crippen LogP contribution >= 0.6 is 0 Å². The maximum atomic E-state index is 4.49. The molecule has 1 aliphatic rings. The van der Waals surface area contributed by atoms with E-state index < -0.39 is 0 Å². The van der Waals surface area contributed by atoms with E-state index in [-0.39, 0.29) is 5.54 Å². The SMILES string of the molecule is Cc1nc(NC(C)(C)C)ncc1CNC1CC1. The second-order valence-corrected chi connectivity index (χ2v) is 5.83. The Hall–Kier alpha value is -1.16. The molecule has 0 spiro atoms. The first-order chi connectivity index (χ1) is 7.94. The van der Waals surface area contributed by atoms with E-state index >= 15 is 0 Å². The van der Waals surface area contributed by atoms with E-state index in [4.69, 9.17) is 0 Å². The molecule has 1 aliphatic carbocycles. The second-order valence-electron chi connectivity index (χ2n) is 5.83. The van der Waals surface area contributed by atoms with Crippen molar-refractivity contribution in [2.45, 2.75) is 58.7 Å². The molecule has 0 unspecified atom stereocenters. The molecule has 0 aromatic carbocycles. The van der Waals surface area contributed by atoms with Gasteiger partial charge in [0, 0.05) is 35.6 Å². The standard InChI is InChI=1S/C13H22N4/c1-9-10(7-14-11-5-6-11)8-15-12(16-9)17-13(2,3)4/h8,11,14H,5-7H2,1-4H3,(H,15,16,17). The van der Waals surface area contributed by atoms with Gasteiger partial charge in [-0.15, -0.1) is 0 Å². The normalized spacial score (nSPS) is 16.0. The quantitative estimate of drug-likeness (QED) is 0.839. The van der Waals surface area contributed by atoms with Crippen molar-refractivity contribution in [3.8, 4) is 0 Å². The lowest BCUT2D eigenvalue weighted by molar-refractivity contribution is 0.623. The minimum Gasteiger partial charge on any atom is -0.350 e. The van der Waals surface area contributed by atoms with Gasteiger partial charge in [-0.3, -0.25) is 0 Å². The van der Waals surface area contributed by atoms with Crippen molar-refractivity contribution in [2.75, 3.05) is 5.32 Å². The van der Waals surface area contributed by atoms with Gasteiger partial charge in [-0.2, -0.15) is 0 Å². The van der Waals surface area contributed by atoms with E-state index in [9.17, 15) is 0 Å².